The van der Waals surface area contributed by atoms with Crippen LogP contribution in [0.2, 0.25) is 0 Å². The molecule has 4 aromatic carbocycles. The summed E-state index contributed by atoms with van der Waals surface area (Å²) in [6.45, 7) is 27.7. The van der Waals surface area contributed by atoms with Crippen LogP contribution in [0.5, 0.6) is 0 Å². The van der Waals surface area contributed by atoms with Crippen molar-refractivity contribution < 1.29 is 33.7 Å². The van der Waals surface area contributed by atoms with Crippen LogP contribution in [0.3, 0.4) is 0 Å². The minimum atomic E-state index is -3.41. The highest BCUT2D eigenvalue weighted by molar-refractivity contribution is 7.90. The molecular weight excluding hydrogens is 1140 g/mol. The van der Waals surface area contributed by atoms with E-state index in [4.69, 9.17) is 22.9 Å². The predicted octanol–water partition coefficient (Wildman–Crippen LogP) is 10.8. The van der Waals surface area contributed by atoms with Gasteiger partial charge in [0.05, 0.1) is 19.6 Å². The van der Waals surface area contributed by atoms with Gasteiger partial charge < -0.3 is 22.9 Å². The predicted molar refractivity (Wildman–Crippen MR) is 350 cm³/mol. The molecule has 0 aliphatic heterocycles. The van der Waals surface area contributed by atoms with E-state index in [1.165, 1.54) is 17.2 Å². The molecule has 16 nitrogen and oxygen atoms in total. The summed E-state index contributed by atoms with van der Waals surface area (Å²) in [5.41, 5.74) is 23.1. The van der Waals surface area contributed by atoms with E-state index >= 15 is 0 Å². The number of nitrogens with two attached hydrogens (primary N) is 4. The number of benzene rings is 4. The number of nitrogens with zero attached hydrogens (tertiary/aromatic N) is 4. The lowest BCUT2D eigenvalue weighted by molar-refractivity contribution is 0.302. The lowest BCUT2D eigenvalue weighted by Gasteiger charge is -2.27. The summed E-state index contributed by atoms with van der Waals surface area (Å²) in [7, 11) is -7.03. The lowest BCUT2D eigenvalue weighted by Crippen LogP contribution is -2.36. The standard InChI is InChI=1S/4C16H28N2O2S/c4*1-13(2)15(12-17)11-10-14(3)18(4)21(19,20)16-8-6-5-7-9-16/h4*5-9,13-15H,10-12,17H2,1-4H3/t2*14-,15+;2*14-,15-/m1010/s1. The van der Waals surface area contributed by atoms with Crippen molar-refractivity contribution >= 4 is 40.1 Å². The Hall–Kier alpha value is -3.64. The first-order valence-electron chi connectivity index (χ1n) is 30.1. The largest absolute Gasteiger partial charge is 0.330 e. The molecule has 0 amide bonds. The van der Waals surface area contributed by atoms with Gasteiger partial charge in [0.15, 0.2) is 0 Å². The van der Waals surface area contributed by atoms with E-state index in [1.807, 2.05) is 52.0 Å². The minimum Gasteiger partial charge on any atom is -0.330 e. The number of hydrogen-bond acceptors (Lipinski definition) is 12. The van der Waals surface area contributed by atoms with E-state index < -0.39 is 40.1 Å². The normalized spacial score (nSPS) is 15.4. The molecule has 0 radical (unpaired) electrons. The third kappa shape index (κ3) is 25.2. The quantitative estimate of drug-likeness (QED) is 0.0356. The van der Waals surface area contributed by atoms with Crippen LogP contribution in [-0.2, 0) is 40.1 Å². The molecule has 0 unspecified atom stereocenters. The van der Waals surface area contributed by atoms with Crippen LogP contribution in [0.1, 0.15) is 134 Å². The molecule has 20 heteroatoms. The SMILES string of the molecule is CC(C)[C@@H](CN)CC[C@@H](C)N(C)S(=O)(=O)c1ccccc1.CC(C)[C@@H](CN)CC[C@H](C)N(C)S(=O)(=O)c1ccccc1.CC(C)[C@H](CN)CC[C@@H](C)N(C)S(=O)(=O)c1ccccc1.CC(C)[C@H](CN)CC[C@H](C)N(C)S(=O)(=O)c1ccccc1. The van der Waals surface area contributed by atoms with Crippen molar-refractivity contribution in [3.63, 3.8) is 0 Å². The van der Waals surface area contributed by atoms with Gasteiger partial charge in [0.25, 0.3) is 0 Å². The van der Waals surface area contributed by atoms with Crippen LogP contribution in [0, 0.1) is 47.3 Å². The highest BCUT2D eigenvalue weighted by Crippen LogP contribution is 2.27. The molecule has 4 rings (SSSR count). The Morgan fingerprint density at radius 3 is 0.536 bits per heavy atom. The molecule has 8 N–H and O–H groups in total. The van der Waals surface area contributed by atoms with Gasteiger partial charge in [-0.25, -0.2) is 33.7 Å². The Balaban J connectivity index is 0.000000560. The minimum absolute atomic E-state index is 0.0389. The molecule has 0 aromatic heterocycles. The summed E-state index contributed by atoms with van der Waals surface area (Å²) in [6.07, 6.45) is 7.08. The van der Waals surface area contributed by atoms with Crippen LogP contribution < -0.4 is 22.9 Å². The summed E-state index contributed by atoms with van der Waals surface area (Å²) in [4.78, 5) is 1.38. The summed E-state index contributed by atoms with van der Waals surface area (Å²) in [5.74, 6) is 3.88. The highest BCUT2D eigenvalue weighted by atomic mass is 32.2. The van der Waals surface area contributed by atoms with Crippen LogP contribution in [-0.4, -0.2) is 129 Å². The smallest absolute Gasteiger partial charge is 0.243 e. The molecule has 0 aliphatic carbocycles. The third-order valence-corrected chi connectivity index (χ3v) is 24.9. The van der Waals surface area contributed by atoms with Gasteiger partial charge in [-0.3, -0.25) is 0 Å². The third-order valence-electron chi connectivity index (χ3n) is 17.0. The zero-order valence-corrected chi connectivity index (χ0v) is 57.2. The number of rotatable bonds is 32. The summed E-state index contributed by atoms with van der Waals surface area (Å²) >= 11 is 0. The van der Waals surface area contributed by atoms with Crippen LogP contribution >= 0.6 is 0 Å². The molecule has 0 spiro atoms. The Labute approximate surface area is 512 Å². The average molecular weight is 1250 g/mol. The van der Waals surface area contributed by atoms with E-state index in [0.717, 1.165) is 51.4 Å². The maximum atomic E-state index is 12.5. The van der Waals surface area contributed by atoms with Gasteiger partial charge in [-0.05, 0) is 201 Å². The first-order chi connectivity index (χ1) is 39.2. The average Bonchev–Trinajstić information content (AvgIpc) is 3.59. The molecule has 480 valence electrons. The van der Waals surface area contributed by atoms with Crippen molar-refractivity contribution in [1.82, 2.24) is 17.2 Å². The Morgan fingerprint density at radius 2 is 0.417 bits per heavy atom. The van der Waals surface area contributed by atoms with Crippen LogP contribution in [0.15, 0.2) is 141 Å². The lowest BCUT2D eigenvalue weighted by atomic mass is 9.90. The molecule has 0 bridgehead atoms. The van der Waals surface area contributed by atoms with Gasteiger partial charge >= 0.3 is 0 Å². The molecule has 84 heavy (non-hydrogen) atoms. The summed E-state index contributed by atoms with van der Waals surface area (Å²) in [6, 6.07) is 34.1. The highest BCUT2D eigenvalue weighted by Gasteiger charge is 2.30. The first-order valence-corrected chi connectivity index (χ1v) is 35.9. The second-order valence-corrected chi connectivity index (χ2v) is 32.0. The van der Waals surface area contributed by atoms with Crippen LogP contribution in [0.25, 0.3) is 0 Å². The van der Waals surface area contributed by atoms with Crippen molar-refractivity contribution in [3.05, 3.63) is 121 Å². The van der Waals surface area contributed by atoms with Crippen molar-refractivity contribution in [3.8, 4) is 0 Å². The van der Waals surface area contributed by atoms with Gasteiger partial charge in [-0.2, -0.15) is 17.2 Å². The van der Waals surface area contributed by atoms with Gasteiger partial charge in [-0.15, -0.1) is 0 Å². The second-order valence-electron chi connectivity index (χ2n) is 24.0. The van der Waals surface area contributed by atoms with E-state index in [1.54, 1.807) is 125 Å². The van der Waals surface area contributed by atoms with Gasteiger partial charge in [0.2, 0.25) is 40.1 Å². The second kappa shape index (κ2) is 38.6. The Kier molecular flexibility index (Phi) is 36.0. The number of hydrogen-bond donors (Lipinski definition) is 4. The van der Waals surface area contributed by atoms with Crippen molar-refractivity contribution in [1.29, 1.82) is 0 Å². The van der Waals surface area contributed by atoms with Crippen molar-refractivity contribution in [2.24, 2.45) is 70.3 Å². The van der Waals surface area contributed by atoms with E-state index in [2.05, 4.69) is 55.4 Å². The molecule has 0 saturated heterocycles. The fourth-order valence-electron chi connectivity index (χ4n) is 9.42. The fraction of sp³-hybridized carbons (Fsp3) is 0.625. The summed E-state index contributed by atoms with van der Waals surface area (Å²) < 4.78 is 106. The van der Waals surface area contributed by atoms with Gasteiger partial charge in [-0.1, -0.05) is 128 Å². The zero-order chi connectivity index (χ0) is 64.2. The molecule has 4 aromatic rings. The van der Waals surface area contributed by atoms with Crippen molar-refractivity contribution in [2.45, 2.75) is 178 Å². The van der Waals surface area contributed by atoms with Gasteiger partial charge in [0.1, 0.15) is 0 Å². The molecule has 8 atom stereocenters. The van der Waals surface area contributed by atoms with Crippen molar-refractivity contribution in [2.75, 3.05) is 54.4 Å². The fourth-order valence-corrected chi connectivity index (χ4v) is 15.1. The monoisotopic (exact) mass is 1250 g/mol. The molecular formula is C64H112N8O8S4. The number of sulfonamides is 4. The van der Waals surface area contributed by atoms with Crippen LogP contribution in [0.4, 0.5) is 0 Å². The van der Waals surface area contributed by atoms with E-state index in [0.29, 0.717) is 93.1 Å². The zero-order valence-electron chi connectivity index (χ0n) is 54.0. The maximum absolute atomic E-state index is 12.5. The maximum Gasteiger partial charge on any atom is 0.243 e. The summed E-state index contributed by atoms with van der Waals surface area (Å²) in [5, 5.41) is 0. The molecule has 0 saturated carbocycles. The Bertz CT molecular complexity index is 2450. The molecule has 0 fully saturated rings. The first kappa shape index (κ1) is 78.4. The molecule has 0 aliphatic rings. The van der Waals surface area contributed by atoms with E-state index in [9.17, 15) is 33.7 Å². The van der Waals surface area contributed by atoms with E-state index in [-0.39, 0.29) is 24.2 Å². The Morgan fingerprint density at radius 1 is 0.274 bits per heavy atom. The van der Waals surface area contributed by atoms with Gasteiger partial charge in [0, 0.05) is 52.4 Å². The molecule has 0 heterocycles. The topological polar surface area (TPSA) is 254 Å².